The van der Waals surface area contributed by atoms with Gasteiger partial charge in [-0.25, -0.2) is 4.79 Å². The highest BCUT2D eigenvalue weighted by Crippen LogP contribution is 2.30. The molecule has 0 spiro atoms. The Labute approximate surface area is 85.6 Å². The molecule has 74 valence electrons. The van der Waals surface area contributed by atoms with Gasteiger partial charge in [-0.2, -0.15) is 0 Å². The highest BCUT2D eigenvalue weighted by atomic mass is 16.5. The van der Waals surface area contributed by atoms with Crippen molar-refractivity contribution in [3.8, 4) is 5.75 Å². The van der Waals surface area contributed by atoms with E-state index in [2.05, 4.69) is 0 Å². The molecule has 0 bridgehead atoms. The second-order valence-electron chi connectivity index (χ2n) is 3.36. The molecule has 15 heavy (non-hydrogen) atoms. The lowest BCUT2D eigenvalue weighted by atomic mass is 10.1. The van der Waals surface area contributed by atoms with Gasteiger partial charge in [-0.1, -0.05) is 0 Å². The van der Waals surface area contributed by atoms with Crippen LogP contribution in [0.3, 0.4) is 0 Å². The second kappa shape index (κ2) is 2.98. The predicted molar refractivity (Wildman–Crippen MR) is 57.0 cm³/mol. The van der Waals surface area contributed by atoms with Gasteiger partial charge in [0, 0.05) is 11.5 Å². The third-order valence-corrected chi connectivity index (χ3v) is 2.41. The molecule has 0 radical (unpaired) electrons. The second-order valence-corrected chi connectivity index (χ2v) is 3.36. The maximum Gasteiger partial charge on any atom is 0.336 e. The summed E-state index contributed by atoms with van der Waals surface area (Å²) >= 11 is 0. The fourth-order valence-corrected chi connectivity index (χ4v) is 1.72. The Morgan fingerprint density at radius 1 is 1.13 bits per heavy atom. The molecule has 0 fully saturated rings. The van der Waals surface area contributed by atoms with Crippen LogP contribution in [0, 0.1) is 0 Å². The van der Waals surface area contributed by atoms with E-state index in [9.17, 15) is 4.79 Å². The van der Waals surface area contributed by atoms with Crippen LogP contribution >= 0.6 is 0 Å². The average molecular weight is 200 g/mol. The standard InChI is InChI=1S/C12H8O3/c13-11-6-4-8-3-5-10-9(12(8)15-11)2-1-7-14-10/h1-6H,7H2. The molecule has 0 N–H and O–H groups in total. The van der Waals surface area contributed by atoms with Crippen LogP contribution in [0.1, 0.15) is 5.56 Å². The fraction of sp³-hybridized carbons (Fsp3) is 0.0833. The van der Waals surface area contributed by atoms with E-state index < -0.39 is 0 Å². The van der Waals surface area contributed by atoms with Crippen molar-refractivity contribution < 1.29 is 9.15 Å². The van der Waals surface area contributed by atoms with Gasteiger partial charge in [0.1, 0.15) is 17.9 Å². The molecule has 1 aromatic carbocycles. The van der Waals surface area contributed by atoms with Crippen LogP contribution in [0.15, 0.2) is 39.6 Å². The molecule has 0 amide bonds. The fourth-order valence-electron chi connectivity index (χ4n) is 1.72. The van der Waals surface area contributed by atoms with Gasteiger partial charge in [0.15, 0.2) is 0 Å². The zero-order valence-electron chi connectivity index (χ0n) is 7.90. The Kier molecular flexibility index (Phi) is 1.65. The molecule has 3 nitrogen and oxygen atoms in total. The third kappa shape index (κ3) is 1.24. The van der Waals surface area contributed by atoms with Crippen LogP contribution in [0.5, 0.6) is 5.75 Å². The summed E-state index contributed by atoms with van der Waals surface area (Å²) < 4.78 is 10.6. The first-order valence-corrected chi connectivity index (χ1v) is 4.71. The molecule has 2 heterocycles. The monoisotopic (exact) mass is 200 g/mol. The van der Waals surface area contributed by atoms with E-state index in [0.29, 0.717) is 12.2 Å². The maximum atomic E-state index is 11.1. The van der Waals surface area contributed by atoms with Crippen LogP contribution in [0.25, 0.3) is 17.0 Å². The molecule has 1 aliphatic heterocycles. The highest BCUT2D eigenvalue weighted by molar-refractivity contribution is 5.88. The Hall–Kier alpha value is -2.03. The van der Waals surface area contributed by atoms with E-state index in [1.54, 1.807) is 6.07 Å². The number of rotatable bonds is 0. The van der Waals surface area contributed by atoms with Crippen molar-refractivity contribution in [3.63, 3.8) is 0 Å². The largest absolute Gasteiger partial charge is 0.489 e. The van der Waals surface area contributed by atoms with Gasteiger partial charge >= 0.3 is 5.63 Å². The Bertz CT molecular complexity index is 608. The van der Waals surface area contributed by atoms with E-state index in [1.807, 2.05) is 24.3 Å². The number of fused-ring (bicyclic) bond motifs is 3. The number of hydrogen-bond acceptors (Lipinski definition) is 3. The Morgan fingerprint density at radius 2 is 2.00 bits per heavy atom. The quantitative estimate of drug-likeness (QED) is 0.612. The topological polar surface area (TPSA) is 39.4 Å². The summed E-state index contributed by atoms with van der Waals surface area (Å²) in [4.78, 5) is 11.1. The third-order valence-electron chi connectivity index (χ3n) is 2.41. The summed E-state index contributed by atoms with van der Waals surface area (Å²) in [7, 11) is 0. The van der Waals surface area contributed by atoms with Crippen LogP contribution in [0.4, 0.5) is 0 Å². The van der Waals surface area contributed by atoms with Crippen molar-refractivity contribution in [1.82, 2.24) is 0 Å². The molecule has 1 aromatic heterocycles. The number of hydrogen-bond donors (Lipinski definition) is 0. The van der Waals surface area contributed by atoms with Gasteiger partial charge in [-0.15, -0.1) is 0 Å². The molecule has 0 aliphatic carbocycles. The lowest BCUT2D eigenvalue weighted by Crippen LogP contribution is -2.02. The lowest BCUT2D eigenvalue weighted by Gasteiger charge is -2.12. The van der Waals surface area contributed by atoms with E-state index in [1.165, 1.54) is 6.07 Å². The minimum atomic E-state index is -0.338. The van der Waals surface area contributed by atoms with Crippen molar-refractivity contribution in [2.24, 2.45) is 0 Å². The van der Waals surface area contributed by atoms with E-state index >= 15 is 0 Å². The summed E-state index contributed by atoms with van der Waals surface area (Å²) in [6, 6.07) is 6.95. The van der Waals surface area contributed by atoms with Gasteiger partial charge in [0.25, 0.3) is 0 Å². The molecule has 3 heteroatoms. The minimum absolute atomic E-state index is 0.338. The van der Waals surface area contributed by atoms with E-state index in [0.717, 1.165) is 16.7 Å². The first-order valence-electron chi connectivity index (χ1n) is 4.71. The Balaban J connectivity index is 2.46. The summed E-state index contributed by atoms with van der Waals surface area (Å²) in [5, 5.41) is 0.906. The van der Waals surface area contributed by atoms with Crippen molar-refractivity contribution in [3.05, 3.63) is 46.3 Å². The summed E-state index contributed by atoms with van der Waals surface area (Å²) in [6.45, 7) is 0.565. The van der Waals surface area contributed by atoms with Gasteiger partial charge in [0.2, 0.25) is 0 Å². The van der Waals surface area contributed by atoms with Crippen LogP contribution < -0.4 is 10.4 Å². The van der Waals surface area contributed by atoms with Crippen molar-refractivity contribution in [1.29, 1.82) is 0 Å². The van der Waals surface area contributed by atoms with Crippen molar-refractivity contribution >= 4 is 17.0 Å². The van der Waals surface area contributed by atoms with Crippen LogP contribution in [-0.4, -0.2) is 6.61 Å². The van der Waals surface area contributed by atoms with Gasteiger partial charge in [-0.3, -0.25) is 0 Å². The molecular formula is C12H8O3. The van der Waals surface area contributed by atoms with Crippen LogP contribution in [-0.2, 0) is 0 Å². The summed E-state index contributed by atoms with van der Waals surface area (Å²) in [5.74, 6) is 0.763. The Morgan fingerprint density at radius 3 is 2.93 bits per heavy atom. The molecule has 0 unspecified atom stereocenters. The van der Waals surface area contributed by atoms with E-state index in [-0.39, 0.29) is 5.63 Å². The zero-order chi connectivity index (χ0) is 10.3. The normalized spacial score (nSPS) is 13.6. The number of ether oxygens (including phenoxy) is 1. The SMILES string of the molecule is O=c1ccc2ccc3c(c2o1)C=CCO3. The van der Waals surface area contributed by atoms with E-state index in [4.69, 9.17) is 9.15 Å². The first kappa shape index (κ1) is 8.29. The van der Waals surface area contributed by atoms with Crippen LogP contribution in [0.2, 0.25) is 0 Å². The van der Waals surface area contributed by atoms with Gasteiger partial charge in [0.05, 0.1) is 5.56 Å². The summed E-state index contributed by atoms with van der Waals surface area (Å²) in [6.07, 6.45) is 3.82. The first-order chi connectivity index (χ1) is 7.34. The molecule has 0 saturated carbocycles. The van der Waals surface area contributed by atoms with Crippen molar-refractivity contribution in [2.45, 2.75) is 0 Å². The maximum absolute atomic E-state index is 11.1. The lowest BCUT2D eigenvalue weighted by molar-refractivity contribution is 0.358. The average Bonchev–Trinajstić information content (AvgIpc) is 2.29. The van der Waals surface area contributed by atoms with Crippen molar-refractivity contribution in [2.75, 3.05) is 6.61 Å². The molecule has 1 aliphatic rings. The van der Waals surface area contributed by atoms with Gasteiger partial charge in [-0.05, 0) is 30.4 Å². The summed E-state index contributed by atoms with van der Waals surface area (Å²) in [5.41, 5.74) is 1.10. The molecule has 0 saturated heterocycles. The molecular weight excluding hydrogens is 192 g/mol. The smallest absolute Gasteiger partial charge is 0.336 e. The number of benzene rings is 1. The minimum Gasteiger partial charge on any atom is -0.489 e. The highest BCUT2D eigenvalue weighted by Gasteiger charge is 2.11. The molecule has 3 rings (SSSR count). The predicted octanol–water partition coefficient (Wildman–Crippen LogP) is 2.20. The molecule has 0 atom stereocenters. The molecule has 2 aromatic rings. The van der Waals surface area contributed by atoms with Gasteiger partial charge < -0.3 is 9.15 Å². The zero-order valence-corrected chi connectivity index (χ0v) is 7.90.